The highest BCUT2D eigenvalue weighted by atomic mass is 15.2. The number of aromatic nitrogens is 1. The molecule has 1 fully saturated rings. The highest BCUT2D eigenvalue weighted by Crippen LogP contribution is 2.27. The first-order valence-electron chi connectivity index (χ1n) is 10.2. The Kier molecular flexibility index (Phi) is 7.26. The molecule has 0 bridgehead atoms. The summed E-state index contributed by atoms with van der Waals surface area (Å²) in [7, 11) is 0. The predicted molar refractivity (Wildman–Crippen MR) is 120 cm³/mol. The molecule has 28 heavy (non-hydrogen) atoms. The molecule has 0 saturated carbocycles. The predicted octanol–water partition coefficient (Wildman–Crippen LogP) is 4.22. The van der Waals surface area contributed by atoms with Gasteiger partial charge in [-0.1, -0.05) is 42.5 Å². The standard InChI is InChI=1S/C24H32N4/c1-4-7-23(27-17-21-9-6-5-8-20(21)16-19(2)3)22-18-26-11-10-24(22)28-14-12-25-13-15-28/h4,6-7,9-11,18,25,27H,1-2,5,8,12-17H2,3H3/b23-7-. The van der Waals surface area contributed by atoms with Crippen molar-refractivity contribution in [2.45, 2.75) is 26.2 Å². The van der Waals surface area contributed by atoms with E-state index in [1.54, 1.807) is 0 Å². The number of hydrogen-bond acceptors (Lipinski definition) is 4. The van der Waals surface area contributed by atoms with E-state index in [1.165, 1.54) is 22.4 Å². The number of rotatable bonds is 8. The highest BCUT2D eigenvalue weighted by Gasteiger charge is 2.17. The lowest BCUT2D eigenvalue weighted by molar-refractivity contribution is 0.588. The Morgan fingerprint density at radius 2 is 2.18 bits per heavy atom. The fourth-order valence-corrected chi connectivity index (χ4v) is 3.84. The average Bonchev–Trinajstić information content (AvgIpc) is 2.72. The van der Waals surface area contributed by atoms with Crippen LogP contribution in [0.15, 0.2) is 72.6 Å². The molecule has 2 heterocycles. The van der Waals surface area contributed by atoms with E-state index in [-0.39, 0.29) is 0 Å². The molecular weight excluding hydrogens is 344 g/mol. The molecular formula is C24H32N4. The fraction of sp³-hybridized carbons (Fsp3) is 0.375. The lowest BCUT2D eigenvalue weighted by Gasteiger charge is -2.31. The summed E-state index contributed by atoms with van der Waals surface area (Å²) in [5, 5.41) is 7.08. The molecule has 0 unspecified atom stereocenters. The van der Waals surface area contributed by atoms with E-state index in [1.807, 2.05) is 24.5 Å². The average molecular weight is 377 g/mol. The van der Waals surface area contributed by atoms with Crippen molar-refractivity contribution in [3.8, 4) is 0 Å². The zero-order valence-electron chi connectivity index (χ0n) is 17.0. The zero-order valence-corrected chi connectivity index (χ0v) is 17.0. The van der Waals surface area contributed by atoms with E-state index in [0.29, 0.717) is 0 Å². The monoisotopic (exact) mass is 376 g/mol. The maximum Gasteiger partial charge on any atom is 0.0492 e. The summed E-state index contributed by atoms with van der Waals surface area (Å²) in [6.07, 6.45) is 15.5. The Balaban J connectivity index is 1.82. The molecule has 3 rings (SSSR count). The molecule has 2 N–H and O–H groups in total. The van der Waals surface area contributed by atoms with Gasteiger partial charge < -0.3 is 15.5 Å². The number of nitrogens with zero attached hydrogens (tertiary/aromatic N) is 2. The molecule has 0 atom stereocenters. The Labute approximate surface area is 169 Å². The Hall–Kier alpha value is -2.59. The van der Waals surface area contributed by atoms with Crippen LogP contribution in [0.1, 0.15) is 31.7 Å². The van der Waals surface area contributed by atoms with Gasteiger partial charge >= 0.3 is 0 Å². The van der Waals surface area contributed by atoms with Crippen LogP contribution < -0.4 is 15.5 Å². The molecule has 4 heteroatoms. The number of hydrogen-bond donors (Lipinski definition) is 2. The third-order valence-electron chi connectivity index (χ3n) is 5.20. The summed E-state index contributed by atoms with van der Waals surface area (Å²) in [6, 6.07) is 2.12. The van der Waals surface area contributed by atoms with Gasteiger partial charge in [0.15, 0.2) is 0 Å². The topological polar surface area (TPSA) is 40.2 Å². The highest BCUT2D eigenvalue weighted by molar-refractivity contribution is 5.76. The van der Waals surface area contributed by atoms with Gasteiger partial charge in [-0.15, -0.1) is 0 Å². The lowest BCUT2D eigenvalue weighted by atomic mass is 9.92. The third-order valence-corrected chi connectivity index (χ3v) is 5.20. The molecule has 1 aromatic heterocycles. The first kappa shape index (κ1) is 20.2. The molecule has 0 aromatic carbocycles. The molecule has 2 aliphatic rings. The molecule has 1 saturated heterocycles. The van der Waals surface area contributed by atoms with Crippen LogP contribution in [0.2, 0.25) is 0 Å². The van der Waals surface area contributed by atoms with E-state index in [9.17, 15) is 0 Å². The van der Waals surface area contributed by atoms with Gasteiger partial charge in [-0.25, -0.2) is 0 Å². The van der Waals surface area contributed by atoms with Crippen molar-refractivity contribution in [1.29, 1.82) is 0 Å². The molecule has 1 aromatic rings. The Morgan fingerprint density at radius 3 is 2.93 bits per heavy atom. The fourth-order valence-electron chi connectivity index (χ4n) is 3.84. The first-order chi connectivity index (χ1) is 13.7. The number of anilines is 1. The molecule has 1 aliphatic carbocycles. The maximum atomic E-state index is 4.40. The lowest BCUT2D eigenvalue weighted by Crippen LogP contribution is -2.44. The van der Waals surface area contributed by atoms with Crippen molar-refractivity contribution < 1.29 is 0 Å². The van der Waals surface area contributed by atoms with Gasteiger partial charge in [0.05, 0.1) is 0 Å². The van der Waals surface area contributed by atoms with E-state index in [2.05, 4.69) is 58.8 Å². The van der Waals surface area contributed by atoms with E-state index < -0.39 is 0 Å². The van der Waals surface area contributed by atoms with E-state index in [4.69, 9.17) is 0 Å². The van der Waals surface area contributed by atoms with Crippen molar-refractivity contribution in [3.05, 3.63) is 78.2 Å². The summed E-state index contributed by atoms with van der Waals surface area (Å²) >= 11 is 0. The van der Waals surface area contributed by atoms with Crippen LogP contribution in [0.3, 0.4) is 0 Å². The van der Waals surface area contributed by atoms with Gasteiger partial charge in [-0.05, 0) is 43.9 Å². The van der Waals surface area contributed by atoms with E-state index in [0.717, 1.165) is 63.2 Å². The van der Waals surface area contributed by atoms with Crippen LogP contribution >= 0.6 is 0 Å². The minimum Gasteiger partial charge on any atom is -0.380 e. The number of pyridine rings is 1. The van der Waals surface area contributed by atoms with Crippen molar-refractivity contribution in [1.82, 2.24) is 15.6 Å². The smallest absolute Gasteiger partial charge is 0.0492 e. The van der Waals surface area contributed by atoms with Crippen molar-refractivity contribution >= 4 is 11.4 Å². The molecule has 0 amide bonds. The van der Waals surface area contributed by atoms with Crippen LogP contribution in [0.25, 0.3) is 5.70 Å². The number of nitrogens with one attached hydrogen (secondary N) is 2. The van der Waals surface area contributed by atoms with Crippen LogP contribution in [-0.4, -0.2) is 37.7 Å². The van der Waals surface area contributed by atoms with Crippen molar-refractivity contribution in [2.75, 3.05) is 37.6 Å². The van der Waals surface area contributed by atoms with E-state index >= 15 is 0 Å². The normalized spacial score (nSPS) is 17.6. The van der Waals surface area contributed by atoms with Gasteiger partial charge in [-0.3, -0.25) is 4.98 Å². The quantitative estimate of drug-likeness (QED) is 0.526. The second-order valence-corrected chi connectivity index (χ2v) is 7.50. The summed E-state index contributed by atoms with van der Waals surface area (Å²) in [5.41, 5.74) is 7.51. The summed E-state index contributed by atoms with van der Waals surface area (Å²) in [5.74, 6) is 0. The Bertz CT molecular complexity index is 795. The molecule has 1 aliphatic heterocycles. The summed E-state index contributed by atoms with van der Waals surface area (Å²) in [4.78, 5) is 6.83. The maximum absolute atomic E-state index is 4.40. The SMILES string of the molecule is C=C/C=C(\NCC1=C(CC(=C)C)CCC=C1)c1cnccc1N1CCNCC1. The van der Waals surface area contributed by atoms with Crippen LogP contribution in [-0.2, 0) is 0 Å². The van der Waals surface area contributed by atoms with Crippen molar-refractivity contribution in [3.63, 3.8) is 0 Å². The number of piperazine rings is 1. The Morgan fingerprint density at radius 1 is 1.36 bits per heavy atom. The van der Waals surface area contributed by atoms with Gasteiger partial charge in [0.25, 0.3) is 0 Å². The van der Waals surface area contributed by atoms with Gasteiger partial charge in [0.2, 0.25) is 0 Å². The summed E-state index contributed by atoms with van der Waals surface area (Å²) in [6.45, 7) is 15.0. The molecule has 0 spiro atoms. The second-order valence-electron chi connectivity index (χ2n) is 7.50. The molecule has 0 radical (unpaired) electrons. The van der Waals surface area contributed by atoms with Crippen LogP contribution in [0, 0.1) is 0 Å². The first-order valence-corrected chi connectivity index (χ1v) is 10.2. The second kappa shape index (κ2) is 10.1. The van der Waals surface area contributed by atoms with Crippen LogP contribution in [0.5, 0.6) is 0 Å². The van der Waals surface area contributed by atoms with Gasteiger partial charge in [0, 0.05) is 62.1 Å². The molecule has 4 nitrogen and oxygen atoms in total. The van der Waals surface area contributed by atoms with Crippen LogP contribution in [0.4, 0.5) is 5.69 Å². The summed E-state index contributed by atoms with van der Waals surface area (Å²) < 4.78 is 0. The third kappa shape index (κ3) is 5.23. The van der Waals surface area contributed by atoms with Gasteiger partial charge in [-0.2, -0.15) is 0 Å². The molecule has 148 valence electrons. The largest absolute Gasteiger partial charge is 0.380 e. The van der Waals surface area contributed by atoms with Gasteiger partial charge in [0.1, 0.15) is 0 Å². The minimum absolute atomic E-state index is 0.800. The zero-order chi connectivity index (χ0) is 19.8. The minimum atomic E-state index is 0.800. The number of allylic oxidation sites excluding steroid dienone is 5. The van der Waals surface area contributed by atoms with Crippen molar-refractivity contribution in [2.24, 2.45) is 0 Å².